The van der Waals surface area contributed by atoms with Crippen LogP contribution in [0.3, 0.4) is 0 Å². The highest BCUT2D eigenvalue weighted by molar-refractivity contribution is 6.33. The van der Waals surface area contributed by atoms with Crippen molar-refractivity contribution in [1.29, 1.82) is 0 Å². The summed E-state index contributed by atoms with van der Waals surface area (Å²) in [5.41, 5.74) is 0.389. The second-order valence-electron chi connectivity index (χ2n) is 4.62. The molecular weight excluding hydrogens is 212 g/mol. The Balaban J connectivity index is 2.66. The topological polar surface area (TPSA) is 26.3 Å². The molecule has 0 amide bonds. The van der Waals surface area contributed by atoms with Crippen molar-refractivity contribution < 1.29 is 9.53 Å². The third kappa shape index (κ3) is 3.92. The highest BCUT2D eigenvalue weighted by Gasteiger charge is 2.16. The molecule has 0 radical (unpaired) electrons. The summed E-state index contributed by atoms with van der Waals surface area (Å²) in [5.74, 6) is -0.365. The van der Waals surface area contributed by atoms with E-state index in [9.17, 15) is 4.79 Å². The van der Waals surface area contributed by atoms with Crippen LogP contribution in [0.1, 0.15) is 31.1 Å². The number of rotatable bonds is 2. The summed E-state index contributed by atoms with van der Waals surface area (Å²) in [6.07, 6.45) is 0. The zero-order chi connectivity index (χ0) is 11.5. The highest BCUT2D eigenvalue weighted by atomic mass is 35.5. The SMILES string of the molecule is CC(C)(C)COC(=O)c1ccccc1Cl. The van der Waals surface area contributed by atoms with Gasteiger partial charge in [-0.15, -0.1) is 0 Å². The van der Waals surface area contributed by atoms with E-state index in [-0.39, 0.29) is 11.4 Å². The quantitative estimate of drug-likeness (QED) is 0.721. The van der Waals surface area contributed by atoms with Crippen LogP contribution in [-0.2, 0) is 4.74 Å². The Bertz CT molecular complexity index is 353. The van der Waals surface area contributed by atoms with Crippen molar-refractivity contribution in [2.75, 3.05) is 6.61 Å². The molecule has 0 atom stereocenters. The first kappa shape index (κ1) is 12.1. The molecule has 0 fully saturated rings. The summed E-state index contributed by atoms with van der Waals surface area (Å²) >= 11 is 5.87. The monoisotopic (exact) mass is 226 g/mol. The molecule has 1 rings (SSSR count). The van der Waals surface area contributed by atoms with Crippen LogP contribution in [0, 0.1) is 5.41 Å². The van der Waals surface area contributed by atoms with Crippen LogP contribution in [0.15, 0.2) is 24.3 Å². The van der Waals surface area contributed by atoms with Gasteiger partial charge in [-0.3, -0.25) is 0 Å². The van der Waals surface area contributed by atoms with Gasteiger partial charge in [-0.1, -0.05) is 44.5 Å². The number of esters is 1. The van der Waals surface area contributed by atoms with E-state index < -0.39 is 0 Å². The van der Waals surface area contributed by atoms with E-state index >= 15 is 0 Å². The smallest absolute Gasteiger partial charge is 0.339 e. The average Bonchev–Trinajstić information content (AvgIpc) is 2.14. The van der Waals surface area contributed by atoms with Gasteiger partial charge in [0.05, 0.1) is 17.2 Å². The van der Waals surface area contributed by atoms with Crippen molar-refractivity contribution in [3.63, 3.8) is 0 Å². The summed E-state index contributed by atoms with van der Waals surface area (Å²) in [6, 6.07) is 6.88. The zero-order valence-electron chi connectivity index (χ0n) is 9.21. The third-order valence-electron chi connectivity index (χ3n) is 1.73. The lowest BCUT2D eigenvalue weighted by atomic mass is 9.99. The maximum atomic E-state index is 11.6. The standard InChI is InChI=1S/C12H15ClO2/c1-12(2,3)8-15-11(14)9-6-4-5-7-10(9)13/h4-7H,8H2,1-3H3. The molecule has 0 aliphatic heterocycles. The normalized spacial score (nSPS) is 11.2. The molecule has 0 aliphatic carbocycles. The lowest BCUT2D eigenvalue weighted by Gasteiger charge is -2.17. The fourth-order valence-electron chi connectivity index (χ4n) is 0.987. The Morgan fingerprint density at radius 1 is 1.33 bits per heavy atom. The predicted molar refractivity (Wildman–Crippen MR) is 61.2 cm³/mol. The molecular formula is C12H15ClO2. The molecule has 15 heavy (non-hydrogen) atoms. The van der Waals surface area contributed by atoms with Crippen molar-refractivity contribution in [3.8, 4) is 0 Å². The number of carbonyl (C=O) groups excluding carboxylic acids is 1. The molecule has 0 aliphatic rings. The van der Waals surface area contributed by atoms with E-state index in [2.05, 4.69) is 0 Å². The summed E-state index contributed by atoms with van der Waals surface area (Å²) in [6.45, 7) is 6.41. The van der Waals surface area contributed by atoms with Gasteiger partial charge in [-0.05, 0) is 17.5 Å². The largest absolute Gasteiger partial charge is 0.461 e. The molecule has 0 heterocycles. The molecule has 0 N–H and O–H groups in total. The van der Waals surface area contributed by atoms with E-state index in [1.54, 1.807) is 24.3 Å². The second-order valence-corrected chi connectivity index (χ2v) is 5.02. The molecule has 2 nitrogen and oxygen atoms in total. The van der Waals surface area contributed by atoms with Crippen LogP contribution < -0.4 is 0 Å². The van der Waals surface area contributed by atoms with Crippen LogP contribution in [-0.4, -0.2) is 12.6 Å². The van der Waals surface area contributed by atoms with Crippen LogP contribution in [0.4, 0.5) is 0 Å². The molecule has 0 saturated heterocycles. The minimum Gasteiger partial charge on any atom is -0.461 e. The fourth-order valence-corrected chi connectivity index (χ4v) is 1.20. The molecule has 0 saturated carbocycles. The van der Waals surface area contributed by atoms with E-state index in [0.29, 0.717) is 17.2 Å². The van der Waals surface area contributed by atoms with Gasteiger partial charge in [0, 0.05) is 0 Å². The summed E-state index contributed by atoms with van der Waals surface area (Å²) in [5, 5.41) is 0.427. The number of benzene rings is 1. The van der Waals surface area contributed by atoms with Crippen molar-refractivity contribution in [2.45, 2.75) is 20.8 Å². The number of ether oxygens (including phenoxy) is 1. The van der Waals surface area contributed by atoms with Gasteiger partial charge in [0.1, 0.15) is 0 Å². The van der Waals surface area contributed by atoms with Gasteiger partial charge in [0.2, 0.25) is 0 Å². The van der Waals surface area contributed by atoms with Gasteiger partial charge in [0.25, 0.3) is 0 Å². The fraction of sp³-hybridized carbons (Fsp3) is 0.417. The van der Waals surface area contributed by atoms with E-state index in [1.165, 1.54) is 0 Å². The summed E-state index contributed by atoms with van der Waals surface area (Å²) in [7, 11) is 0. The van der Waals surface area contributed by atoms with Gasteiger partial charge in [-0.25, -0.2) is 4.79 Å². The molecule has 1 aromatic carbocycles. The van der Waals surface area contributed by atoms with Crippen molar-refractivity contribution in [2.24, 2.45) is 5.41 Å². The number of halogens is 1. The van der Waals surface area contributed by atoms with Crippen molar-refractivity contribution >= 4 is 17.6 Å². The maximum absolute atomic E-state index is 11.6. The van der Waals surface area contributed by atoms with Crippen molar-refractivity contribution in [1.82, 2.24) is 0 Å². The summed E-state index contributed by atoms with van der Waals surface area (Å²) < 4.78 is 5.15. The lowest BCUT2D eigenvalue weighted by molar-refractivity contribution is 0.0367. The molecule has 0 aromatic heterocycles. The Labute approximate surface area is 95.2 Å². The maximum Gasteiger partial charge on any atom is 0.339 e. The Morgan fingerprint density at radius 3 is 2.47 bits per heavy atom. The van der Waals surface area contributed by atoms with Crippen LogP contribution >= 0.6 is 11.6 Å². The molecule has 1 aromatic rings. The minimum absolute atomic E-state index is 0.0308. The first-order valence-electron chi connectivity index (χ1n) is 4.82. The minimum atomic E-state index is -0.365. The van der Waals surface area contributed by atoms with Gasteiger partial charge in [-0.2, -0.15) is 0 Å². The first-order chi connectivity index (χ1) is 6.90. The highest BCUT2D eigenvalue weighted by Crippen LogP contribution is 2.18. The Hall–Kier alpha value is -1.02. The second kappa shape index (κ2) is 4.67. The third-order valence-corrected chi connectivity index (χ3v) is 2.06. The molecule has 0 bridgehead atoms. The molecule has 82 valence electrons. The molecule has 0 unspecified atom stereocenters. The van der Waals surface area contributed by atoms with Crippen LogP contribution in [0.5, 0.6) is 0 Å². The van der Waals surface area contributed by atoms with Gasteiger partial charge >= 0.3 is 5.97 Å². The van der Waals surface area contributed by atoms with Crippen LogP contribution in [0.25, 0.3) is 0 Å². The van der Waals surface area contributed by atoms with Gasteiger partial charge < -0.3 is 4.74 Å². The summed E-state index contributed by atoms with van der Waals surface area (Å²) in [4.78, 5) is 11.6. The van der Waals surface area contributed by atoms with E-state index in [4.69, 9.17) is 16.3 Å². The Kier molecular flexibility index (Phi) is 3.75. The zero-order valence-corrected chi connectivity index (χ0v) is 9.97. The molecule has 0 spiro atoms. The number of hydrogen-bond donors (Lipinski definition) is 0. The number of carbonyl (C=O) groups is 1. The molecule has 3 heteroatoms. The van der Waals surface area contributed by atoms with E-state index in [0.717, 1.165) is 0 Å². The number of hydrogen-bond acceptors (Lipinski definition) is 2. The predicted octanol–water partition coefficient (Wildman–Crippen LogP) is 3.54. The van der Waals surface area contributed by atoms with Crippen LogP contribution in [0.2, 0.25) is 5.02 Å². The first-order valence-corrected chi connectivity index (χ1v) is 5.19. The average molecular weight is 227 g/mol. The lowest BCUT2D eigenvalue weighted by Crippen LogP contribution is -2.18. The van der Waals surface area contributed by atoms with E-state index in [1.807, 2.05) is 20.8 Å². The van der Waals surface area contributed by atoms with Crippen molar-refractivity contribution in [3.05, 3.63) is 34.9 Å². The van der Waals surface area contributed by atoms with Gasteiger partial charge in [0.15, 0.2) is 0 Å². The Morgan fingerprint density at radius 2 is 1.93 bits per heavy atom.